The molecule has 0 spiro atoms. The average Bonchev–Trinajstić information content (AvgIpc) is 3.15. The molecule has 0 aliphatic heterocycles. The first-order chi connectivity index (χ1) is 11.3. The van der Waals surface area contributed by atoms with E-state index in [0.29, 0.717) is 16.1 Å². The number of benzene rings is 1. The summed E-state index contributed by atoms with van der Waals surface area (Å²) >= 11 is 0.964. The highest BCUT2D eigenvalue weighted by atomic mass is 32.2. The van der Waals surface area contributed by atoms with Gasteiger partial charge >= 0.3 is 6.01 Å². The fourth-order valence-corrected chi connectivity index (χ4v) is 3.01. The fourth-order valence-electron chi connectivity index (χ4n) is 1.83. The molecule has 2 heterocycles. The maximum absolute atomic E-state index is 12.0. The van der Waals surface area contributed by atoms with Crippen molar-refractivity contribution in [3.8, 4) is 11.5 Å². The summed E-state index contributed by atoms with van der Waals surface area (Å²) in [6.07, 6.45) is 1.12. The molecule has 0 unspecified atom stereocenters. The molecule has 1 aromatic carbocycles. The molecule has 0 aliphatic rings. The number of aryl methyl sites for hydroxylation is 1. The van der Waals surface area contributed by atoms with Crippen LogP contribution >= 0.6 is 11.5 Å². The van der Waals surface area contributed by atoms with Gasteiger partial charge in [0.25, 0.3) is 5.91 Å². The minimum Gasteiger partial charge on any atom is -0.403 e. The molecule has 0 bridgehead atoms. The molecule has 0 radical (unpaired) electrons. The van der Waals surface area contributed by atoms with Crippen molar-refractivity contribution in [3.05, 3.63) is 34.8 Å². The number of carbonyl (C=O) groups excluding carboxylic acids is 1. The van der Waals surface area contributed by atoms with E-state index in [1.807, 2.05) is 0 Å². The maximum Gasteiger partial charge on any atom is 0.322 e. The Morgan fingerprint density at radius 2 is 1.88 bits per heavy atom. The quantitative estimate of drug-likeness (QED) is 0.737. The van der Waals surface area contributed by atoms with Crippen molar-refractivity contribution in [2.24, 2.45) is 0 Å². The highest BCUT2D eigenvalue weighted by Gasteiger charge is 2.17. The Hall–Kier alpha value is -2.66. The van der Waals surface area contributed by atoms with Gasteiger partial charge in [0.05, 0.1) is 10.6 Å². The molecule has 0 fully saturated rings. The SMILES string of the molecule is Cc1nnsc1C(=O)Nc1nnc(-c2ccc(S(C)(=O)=O)cc2)o1. The van der Waals surface area contributed by atoms with Crippen molar-refractivity contribution in [1.82, 2.24) is 19.8 Å². The minimum absolute atomic E-state index is 0.0741. The molecule has 124 valence electrons. The largest absolute Gasteiger partial charge is 0.403 e. The van der Waals surface area contributed by atoms with E-state index in [-0.39, 0.29) is 16.8 Å². The van der Waals surface area contributed by atoms with Crippen LogP contribution in [0.3, 0.4) is 0 Å². The third kappa shape index (κ3) is 3.31. The Kier molecular flexibility index (Phi) is 4.11. The van der Waals surface area contributed by atoms with E-state index in [1.54, 1.807) is 19.1 Å². The van der Waals surface area contributed by atoms with E-state index in [1.165, 1.54) is 12.1 Å². The van der Waals surface area contributed by atoms with Crippen LogP contribution in [0, 0.1) is 6.92 Å². The zero-order chi connectivity index (χ0) is 17.3. The van der Waals surface area contributed by atoms with E-state index in [9.17, 15) is 13.2 Å². The second kappa shape index (κ2) is 6.09. The summed E-state index contributed by atoms with van der Waals surface area (Å²) in [6, 6.07) is 5.91. The highest BCUT2D eigenvalue weighted by Crippen LogP contribution is 2.22. The highest BCUT2D eigenvalue weighted by molar-refractivity contribution is 7.90. The number of rotatable bonds is 4. The van der Waals surface area contributed by atoms with Gasteiger partial charge in [-0.05, 0) is 42.7 Å². The number of hydrogen-bond donors (Lipinski definition) is 1. The van der Waals surface area contributed by atoms with Gasteiger partial charge in [0.2, 0.25) is 5.89 Å². The smallest absolute Gasteiger partial charge is 0.322 e. The zero-order valence-electron chi connectivity index (χ0n) is 12.5. The molecule has 9 nitrogen and oxygen atoms in total. The molecule has 1 amide bonds. The van der Waals surface area contributed by atoms with Gasteiger partial charge in [-0.15, -0.1) is 10.2 Å². The van der Waals surface area contributed by atoms with Gasteiger partial charge in [0.15, 0.2) is 9.84 Å². The number of aromatic nitrogens is 4. The average molecular weight is 365 g/mol. The Bertz CT molecular complexity index is 992. The van der Waals surface area contributed by atoms with Gasteiger partial charge in [-0.2, -0.15) is 0 Å². The number of hydrogen-bond acceptors (Lipinski definition) is 9. The fraction of sp³-hybridized carbons (Fsp3) is 0.154. The van der Waals surface area contributed by atoms with E-state index in [4.69, 9.17) is 4.42 Å². The predicted octanol–water partition coefficient (Wildman–Crippen LogP) is 1.55. The molecule has 0 atom stereocenters. The van der Waals surface area contributed by atoms with Crippen molar-refractivity contribution in [2.45, 2.75) is 11.8 Å². The first-order valence-electron chi connectivity index (χ1n) is 6.59. The molecule has 11 heteroatoms. The Labute approximate surface area is 140 Å². The second-order valence-corrected chi connectivity index (χ2v) is 7.62. The van der Waals surface area contributed by atoms with Crippen LogP contribution in [0.25, 0.3) is 11.5 Å². The first-order valence-corrected chi connectivity index (χ1v) is 9.25. The standard InChI is InChI=1S/C13H11N5O4S2/c1-7-10(23-18-15-7)11(19)14-13-17-16-12(22-13)8-3-5-9(6-4-8)24(2,20)21/h3-6H,1-2H3,(H,14,17,19). The van der Waals surface area contributed by atoms with Crippen LogP contribution in [0.15, 0.2) is 33.6 Å². The van der Waals surface area contributed by atoms with Crippen LogP contribution in [0.5, 0.6) is 0 Å². The maximum atomic E-state index is 12.0. The summed E-state index contributed by atoms with van der Waals surface area (Å²) < 4.78 is 31.9. The van der Waals surface area contributed by atoms with E-state index in [2.05, 4.69) is 25.1 Å². The molecule has 24 heavy (non-hydrogen) atoms. The molecular formula is C13H11N5O4S2. The lowest BCUT2D eigenvalue weighted by Crippen LogP contribution is -2.11. The Balaban J connectivity index is 1.78. The molecule has 0 saturated carbocycles. The van der Waals surface area contributed by atoms with Gasteiger partial charge in [-0.3, -0.25) is 10.1 Å². The summed E-state index contributed by atoms with van der Waals surface area (Å²) in [5.41, 5.74) is 1.04. The number of sulfone groups is 1. The Morgan fingerprint density at radius 1 is 1.17 bits per heavy atom. The predicted molar refractivity (Wildman–Crippen MR) is 85.4 cm³/mol. The molecule has 2 aromatic heterocycles. The lowest BCUT2D eigenvalue weighted by Gasteiger charge is -1.99. The normalized spacial score (nSPS) is 11.4. The number of amides is 1. The third-order valence-electron chi connectivity index (χ3n) is 3.03. The first kappa shape index (κ1) is 16.2. The van der Waals surface area contributed by atoms with Gasteiger partial charge in [-0.1, -0.05) is 9.59 Å². The zero-order valence-corrected chi connectivity index (χ0v) is 14.2. The number of carbonyl (C=O) groups is 1. The van der Waals surface area contributed by atoms with Crippen molar-refractivity contribution in [2.75, 3.05) is 11.6 Å². The number of nitrogens with zero attached hydrogens (tertiary/aromatic N) is 4. The third-order valence-corrected chi connectivity index (χ3v) is 4.99. The topological polar surface area (TPSA) is 128 Å². The van der Waals surface area contributed by atoms with Crippen molar-refractivity contribution in [1.29, 1.82) is 0 Å². The second-order valence-electron chi connectivity index (χ2n) is 4.85. The molecule has 3 rings (SSSR count). The molecular weight excluding hydrogens is 354 g/mol. The van der Waals surface area contributed by atoms with Crippen LogP contribution in [0.4, 0.5) is 6.01 Å². The number of nitrogens with one attached hydrogen (secondary N) is 1. The number of anilines is 1. The van der Waals surface area contributed by atoms with Crippen LogP contribution in [0.2, 0.25) is 0 Å². The van der Waals surface area contributed by atoms with Crippen LogP contribution in [-0.2, 0) is 9.84 Å². The lowest BCUT2D eigenvalue weighted by molar-refractivity contribution is 0.102. The van der Waals surface area contributed by atoms with Crippen molar-refractivity contribution in [3.63, 3.8) is 0 Å². The Morgan fingerprint density at radius 3 is 2.46 bits per heavy atom. The van der Waals surface area contributed by atoms with Crippen LogP contribution in [0.1, 0.15) is 15.4 Å². The van der Waals surface area contributed by atoms with Crippen molar-refractivity contribution >= 4 is 33.3 Å². The molecule has 1 N–H and O–H groups in total. The summed E-state index contributed by atoms with van der Waals surface area (Å²) in [5, 5.41) is 13.8. The van der Waals surface area contributed by atoms with Crippen LogP contribution < -0.4 is 5.32 Å². The van der Waals surface area contributed by atoms with E-state index < -0.39 is 15.7 Å². The van der Waals surface area contributed by atoms with Crippen molar-refractivity contribution < 1.29 is 17.6 Å². The van der Waals surface area contributed by atoms with E-state index >= 15 is 0 Å². The summed E-state index contributed by atoms with van der Waals surface area (Å²) in [6.45, 7) is 1.67. The lowest BCUT2D eigenvalue weighted by atomic mass is 10.2. The summed E-state index contributed by atoms with van der Waals surface area (Å²) in [5.74, 6) is -0.283. The van der Waals surface area contributed by atoms with Gasteiger partial charge in [0.1, 0.15) is 4.88 Å². The summed E-state index contributed by atoms with van der Waals surface area (Å²) in [7, 11) is -3.28. The van der Waals surface area contributed by atoms with Gasteiger partial charge < -0.3 is 4.42 Å². The van der Waals surface area contributed by atoms with Gasteiger partial charge in [0, 0.05) is 11.8 Å². The van der Waals surface area contributed by atoms with E-state index in [0.717, 1.165) is 17.8 Å². The minimum atomic E-state index is -3.28. The molecule has 0 aliphatic carbocycles. The molecule has 3 aromatic rings. The van der Waals surface area contributed by atoms with Crippen LogP contribution in [-0.4, -0.2) is 40.4 Å². The molecule has 0 saturated heterocycles. The van der Waals surface area contributed by atoms with Gasteiger partial charge in [-0.25, -0.2) is 8.42 Å². The monoisotopic (exact) mass is 365 g/mol. The summed E-state index contributed by atoms with van der Waals surface area (Å²) in [4.78, 5) is 12.6.